The summed E-state index contributed by atoms with van der Waals surface area (Å²) in [5.41, 5.74) is 2.35. The molecule has 1 aliphatic heterocycles. The summed E-state index contributed by atoms with van der Waals surface area (Å²) in [7, 11) is 0. The van der Waals surface area contributed by atoms with E-state index >= 15 is 0 Å². The van der Waals surface area contributed by atoms with E-state index in [0.717, 1.165) is 21.1 Å². The molecule has 2 nitrogen and oxygen atoms in total. The Labute approximate surface area is 122 Å². The van der Waals surface area contributed by atoms with E-state index in [0.29, 0.717) is 12.0 Å². The van der Waals surface area contributed by atoms with Crippen LogP contribution in [0.2, 0.25) is 0 Å². The van der Waals surface area contributed by atoms with Crippen molar-refractivity contribution in [2.24, 2.45) is 10.9 Å². The van der Waals surface area contributed by atoms with Gasteiger partial charge in [0.15, 0.2) is 5.17 Å². The lowest BCUT2D eigenvalue weighted by Crippen LogP contribution is -2.24. The van der Waals surface area contributed by atoms with Crippen LogP contribution in [0.1, 0.15) is 25.8 Å². The normalized spacial score (nSPS) is 19.8. The van der Waals surface area contributed by atoms with Gasteiger partial charge in [0.1, 0.15) is 0 Å². The van der Waals surface area contributed by atoms with Crippen LogP contribution in [0.3, 0.4) is 0 Å². The van der Waals surface area contributed by atoms with Crippen molar-refractivity contribution in [2.75, 3.05) is 11.1 Å². The SMILES string of the molecule is Cc1ccc(Br)c(NC2=NC(C(C)C)CCS2)c1. The Morgan fingerprint density at radius 2 is 2.22 bits per heavy atom. The lowest BCUT2D eigenvalue weighted by Gasteiger charge is -2.23. The van der Waals surface area contributed by atoms with Crippen molar-refractivity contribution in [1.82, 2.24) is 0 Å². The van der Waals surface area contributed by atoms with Crippen molar-refractivity contribution in [2.45, 2.75) is 33.2 Å². The van der Waals surface area contributed by atoms with Crippen LogP contribution in [-0.2, 0) is 0 Å². The second-order valence-corrected chi connectivity index (χ2v) is 6.93. The summed E-state index contributed by atoms with van der Waals surface area (Å²) in [4.78, 5) is 4.80. The molecule has 0 radical (unpaired) electrons. The number of aryl methyl sites for hydroxylation is 1. The van der Waals surface area contributed by atoms with Gasteiger partial charge in [-0.2, -0.15) is 0 Å². The van der Waals surface area contributed by atoms with Crippen molar-refractivity contribution in [1.29, 1.82) is 0 Å². The number of rotatable bonds is 2. The Kier molecular flexibility index (Phi) is 4.73. The molecule has 1 aromatic rings. The molecule has 0 fully saturated rings. The van der Waals surface area contributed by atoms with Gasteiger partial charge in [-0.3, -0.25) is 4.99 Å². The number of hydrogen-bond acceptors (Lipinski definition) is 3. The van der Waals surface area contributed by atoms with E-state index in [2.05, 4.69) is 60.2 Å². The fourth-order valence-corrected chi connectivity index (χ4v) is 3.22. The highest BCUT2D eigenvalue weighted by Crippen LogP contribution is 2.27. The molecule has 1 unspecified atom stereocenters. The summed E-state index contributed by atoms with van der Waals surface area (Å²) in [6, 6.07) is 6.78. The predicted octanol–water partition coefficient (Wildman–Crippen LogP) is 4.69. The molecule has 1 atom stereocenters. The summed E-state index contributed by atoms with van der Waals surface area (Å²) in [6.07, 6.45) is 1.18. The van der Waals surface area contributed by atoms with Crippen LogP contribution < -0.4 is 5.32 Å². The van der Waals surface area contributed by atoms with Gasteiger partial charge >= 0.3 is 0 Å². The van der Waals surface area contributed by atoms with Crippen molar-refractivity contribution in [3.63, 3.8) is 0 Å². The maximum atomic E-state index is 4.80. The van der Waals surface area contributed by atoms with Gasteiger partial charge in [-0.1, -0.05) is 31.7 Å². The Balaban J connectivity index is 2.15. The third-order valence-electron chi connectivity index (χ3n) is 3.07. The molecular formula is C14H19BrN2S. The summed E-state index contributed by atoms with van der Waals surface area (Å²) in [5.74, 6) is 1.77. The van der Waals surface area contributed by atoms with E-state index in [1.54, 1.807) is 0 Å². The number of nitrogens with zero attached hydrogens (tertiary/aromatic N) is 1. The molecule has 2 rings (SSSR count). The van der Waals surface area contributed by atoms with Gasteiger partial charge < -0.3 is 5.32 Å². The van der Waals surface area contributed by atoms with Crippen LogP contribution in [0.15, 0.2) is 27.7 Å². The molecule has 0 saturated heterocycles. The van der Waals surface area contributed by atoms with E-state index in [1.807, 2.05) is 11.8 Å². The number of halogens is 1. The Morgan fingerprint density at radius 1 is 1.44 bits per heavy atom. The molecule has 0 amide bonds. The second kappa shape index (κ2) is 6.11. The van der Waals surface area contributed by atoms with Gasteiger partial charge in [0, 0.05) is 10.2 Å². The van der Waals surface area contributed by atoms with Gasteiger partial charge in [0.05, 0.1) is 11.7 Å². The zero-order valence-electron chi connectivity index (χ0n) is 11.0. The fourth-order valence-electron chi connectivity index (χ4n) is 1.93. The van der Waals surface area contributed by atoms with Crippen molar-refractivity contribution < 1.29 is 0 Å². The van der Waals surface area contributed by atoms with Crippen LogP contribution in [0, 0.1) is 12.8 Å². The van der Waals surface area contributed by atoms with Crippen LogP contribution in [0.4, 0.5) is 5.69 Å². The molecule has 1 aromatic carbocycles. The maximum absolute atomic E-state index is 4.80. The predicted molar refractivity (Wildman–Crippen MR) is 85.6 cm³/mol. The lowest BCUT2D eigenvalue weighted by atomic mass is 10.0. The van der Waals surface area contributed by atoms with Gasteiger partial charge in [0.2, 0.25) is 0 Å². The first-order chi connectivity index (χ1) is 8.56. The number of anilines is 1. The molecule has 1 heterocycles. The molecule has 18 heavy (non-hydrogen) atoms. The molecule has 1 N–H and O–H groups in total. The lowest BCUT2D eigenvalue weighted by molar-refractivity contribution is 0.485. The number of nitrogens with one attached hydrogen (secondary N) is 1. The van der Waals surface area contributed by atoms with E-state index in [-0.39, 0.29) is 0 Å². The summed E-state index contributed by atoms with van der Waals surface area (Å²) < 4.78 is 1.09. The molecule has 4 heteroatoms. The topological polar surface area (TPSA) is 24.4 Å². The molecule has 1 aliphatic rings. The first-order valence-corrected chi connectivity index (χ1v) is 8.08. The average molecular weight is 327 g/mol. The minimum Gasteiger partial charge on any atom is -0.334 e. The molecule has 0 saturated carbocycles. The van der Waals surface area contributed by atoms with Crippen molar-refractivity contribution in [3.8, 4) is 0 Å². The van der Waals surface area contributed by atoms with Crippen molar-refractivity contribution in [3.05, 3.63) is 28.2 Å². The smallest absolute Gasteiger partial charge is 0.161 e. The molecular weight excluding hydrogens is 308 g/mol. The highest BCUT2D eigenvalue weighted by Gasteiger charge is 2.19. The van der Waals surface area contributed by atoms with E-state index < -0.39 is 0 Å². The standard InChI is InChI=1S/C14H19BrN2S/c1-9(2)12-6-7-18-14(16-12)17-13-8-10(3)4-5-11(13)15/h4-5,8-9,12H,6-7H2,1-3H3,(H,16,17). The van der Waals surface area contributed by atoms with Gasteiger partial charge in [-0.05, 0) is 52.9 Å². The fraction of sp³-hybridized carbons (Fsp3) is 0.500. The van der Waals surface area contributed by atoms with Crippen LogP contribution in [0.25, 0.3) is 0 Å². The number of benzene rings is 1. The zero-order valence-corrected chi connectivity index (χ0v) is 13.4. The maximum Gasteiger partial charge on any atom is 0.161 e. The Morgan fingerprint density at radius 3 is 2.94 bits per heavy atom. The minimum absolute atomic E-state index is 0.456. The molecule has 0 bridgehead atoms. The van der Waals surface area contributed by atoms with E-state index in [9.17, 15) is 0 Å². The summed E-state index contributed by atoms with van der Waals surface area (Å²) in [5, 5.41) is 4.49. The Hall–Kier alpha value is -0.480. The number of thioether (sulfide) groups is 1. The first-order valence-electron chi connectivity index (χ1n) is 6.30. The third kappa shape index (κ3) is 3.51. The van der Waals surface area contributed by atoms with Crippen LogP contribution >= 0.6 is 27.7 Å². The molecule has 0 aromatic heterocycles. The van der Waals surface area contributed by atoms with Crippen molar-refractivity contribution >= 4 is 38.5 Å². The highest BCUT2D eigenvalue weighted by atomic mass is 79.9. The summed E-state index contributed by atoms with van der Waals surface area (Å²) in [6.45, 7) is 6.58. The second-order valence-electron chi connectivity index (χ2n) is 4.99. The number of hydrogen-bond donors (Lipinski definition) is 1. The Bertz CT molecular complexity index is 457. The van der Waals surface area contributed by atoms with Crippen LogP contribution in [-0.4, -0.2) is 17.0 Å². The summed E-state index contributed by atoms with van der Waals surface area (Å²) >= 11 is 5.39. The van der Waals surface area contributed by atoms with Gasteiger partial charge in [0.25, 0.3) is 0 Å². The number of aliphatic imine (C=N–C) groups is 1. The first kappa shape index (κ1) is 13.9. The van der Waals surface area contributed by atoms with Gasteiger partial charge in [-0.25, -0.2) is 0 Å². The monoisotopic (exact) mass is 326 g/mol. The minimum atomic E-state index is 0.456. The molecule has 0 aliphatic carbocycles. The quantitative estimate of drug-likeness (QED) is 0.852. The van der Waals surface area contributed by atoms with E-state index in [1.165, 1.54) is 12.0 Å². The van der Waals surface area contributed by atoms with Gasteiger partial charge in [-0.15, -0.1) is 0 Å². The largest absolute Gasteiger partial charge is 0.334 e. The molecule has 0 spiro atoms. The molecule has 98 valence electrons. The van der Waals surface area contributed by atoms with E-state index in [4.69, 9.17) is 4.99 Å². The average Bonchev–Trinajstić information content (AvgIpc) is 2.34. The van der Waals surface area contributed by atoms with Crippen LogP contribution in [0.5, 0.6) is 0 Å². The zero-order chi connectivity index (χ0) is 13.1. The highest BCUT2D eigenvalue weighted by molar-refractivity contribution is 9.10. The third-order valence-corrected chi connectivity index (χ3v) is 4.68. The number of amidine groups is 1.